The molecule has 0 bridgehead atoms. The van der Waals surface area contributed by atoms with Gasteiger partial charge in [-0.05, 0) is 18.1 Å². The number of aromatic nitrogens is 1. The number of hydrogen-bond donors (Lipinski definition) is 0. The van der Waals surface area contributed by atoms with Gasteiger partial charge in [0.15, 0.2) is 8.32 Å². The third-order valence-corrected chi connectivity index (χ3v) is 9.39. The Morgan fingerprint density at radius 2 is 2.06 bits per heavy atom. The van der Waals surface area contributed by atoms with E-state index < -0.39 is 8.32 Å². The minimum atomic E-state index is -1.59. The summed E-state index contributed by atoms with van der Waals surface area (Å²) in [5, 5.41) is 4.41. The summed E-state index contributed by atoms with van der Waals surface area (Å²) >= 11 is 5.14. The molecule has 0 saturated carbocycles. The Balaban J connectivity index is 2.42. The van der Waals surface area contributed by atoms with Crippen molar-refractivity contribution in [3.8, 4) is 0 Å². The van der Waals surface area contributed by atoms with E-state index in [0.717, 1.165) is 24.1 Å². The van der Waals surface area contributed by atoms with Crippen molar-refractivity contribution in [2.75, 3.05) is 6.61 Å². The molecule has 0 unspecified atom stereocenters. The second-order valence-corrected chi connectivity index (χ2v) is 12.0. The quantitative estimate of drug-likeness (QED) is 0.579. The molecule has 1 aromatic heterocycles. The molecular weight excluding hydrogens is 314 g/mol. The van der Waals surface area contributed by atoms with Crippen LogP contribution in [-0.2, 0) is 16.2 Å². The zero-order valence-corrected chi connectivity index (χ0v) is 14.7. The fourth-order valence-electron chi connectivity index (χ4n) is 1.14. The molecule has 1 rings (SSSR count). The Labute approximate surface area is 118 Å². The Hall–Kier alpha value is 0.287. The SMILES string of the molecule is CC(C)(C)[Si](C)(C)OCCc1nc(CBr)cs1. The zero-order chi connectivity index (χ0) is 13.1. The van der Waals surface area contributed by atoms with Gasteiger partial charge in [0.25, 0.3) is 0 Å². The van der Waals surface area contributed by atoms with Crippen molar-refractivity contribution < 1.29 is 4.43 Å². The average Bonchev–Trinajstić information content (AvgIpc) is 2.63. The minimum Gasteiger partial charge on any atom is -0.416 e. The van der Waals surface area contributed by atoms with Crippen molar-refractivity contribution in [2.45, 2.75) is 50.7 Å². The van der Waals surface area contributed by atoms with Crippen LogP contribution < -0.4 is 0 Å². The summed E-state index contributed by atoms with van der Waals surface area (Å²) < 4.78 is 6.13. The maximum atomic E-state index is 6.13. The van der Waals surface area contributed by atoms with Gasteiger partial charge in [0, 0.05) is 23.7 Å². The summed E-state index contributed by atoms with van der Waals surface area (Å²) in [7, 11) is -1.59. The van der Waals surface area contributed by atoms with Gasteiger partial charge in [-0.2, -0.15) is 0 Å². The highest BCUT2D eigenvalue weighted by Crippen LogP contribution is 2.36. The van der Waals surface area contributed by atoms with Crippen LogP contribution in [0.4, 0.5) is 0 Å². The van der Waals surface area contributed by atoms with Crippen LogP contribution >= 0.6 is 27.3 Å². The molecule has 0 aliphatic carbocycles. The Morgan fingerprint density at radius 3 is 2.53 bits per heavy atom. The van der Waals surface area contributed by atoms with Gasteiger partial charge in [-0.1, -0.05) is 36.7 Å². The molecule has 0 aromatic carbocycles. The molecule has 0 atom stereocenters. The van der Waals surface area contributed by atoms with Gasteiger partial charge in [0.2, 0.25) is 0 Å². The maximum absolute atomic E-state index is 6.13. The molecular formula is C12H22BrNOSSi. The third-order valence-electron chi connectivity index (χ3n) is 3.32. The summed E-state index contributed by atoms with van der Waals surface area (Å²) in [5.41, 5.74) is 1.12. The van der Waals surface area contributed by atoms with Crippen LogP contribution in [0.15, 0.2) is 5.38 Å². The lowest BCUT2D eigenvalue weighted by Gasteiger charge is -2.36. The molecule has 0 N–H and O–H groups in total. The molecule has 98 valence electrons. The smallest absolute Gasteiger partial charge is 0.191 e. The van der Waals surface area contributed by atoms with E-state index in [4.69, 9.17) is 4.43 Å². The number of thiazole rings is 1. The van der Waals surface area contributed by atoms with Gasteiger partial charge >= 0.3 is 0 Å². The molecule has 0 spiro atoms. The molecule has 0 saturated heterocycles. The standard InChI is InChI=1S/C12H22BrNOSSi/c1-12(2,3)17(4,5)15-7-6-11-14-10(8-13)9-16-11/h9H,6-8H2,1-5H3. The predicted octanol–water partition coefficient (Wildman–Crippen LogP) is 4.60. The van der Waals surface area contributed by atoms with E-state index in [9.17, 15) is 0 Å². The second-order valence-electron chi connectivity index (χ2n) is 5.72. The van der Waals surface area contributed by atoms with Gasteiger partial charge in [-0.15, -0.1) is 11.3 Å². The summed E-state index contributed by atoms with van der Waals surface area (Å²) in [6, 6.07) is 0. The molecule has 5 heteroatoms. The Kier molecular flexibility index (Phi) is 5.37. The van der Waals surface area contributed by atoms with E-state index in [2.05, 4.69) is 60.2 Å². The van der Waals surface area contributed by atoms with Crippen molar-refractivity contribution in [3.63, 3.8) is 0 Å². The van der Waals surface area contributed by atoms with Crippen molar-refractivity contribution in [1.29, 1.82) is 0 Å². The van der Waals surface area contributed by atoms with Gasteiger partial charge in [-0.3, -0.25) is 0 Å². The lowest BCUT2D eigenvalue weighted by atomic mass is 10.2. The molecule has 0 fully saturated rings. The first-order valence-corrected chi connectivity index (χ1v) is 10.8. The van der Waals surface area contributed by atoms with E-state index >= 15 is 0 Å². The largest absolute Gasteiger partial charge is 0.416 e. The van der Waals surface area contributed by atoms with Crippen LogP contribution in [0.5, 0.6) is 0 Å². The van der Waals surface area contributed by atoms with Crippen LogP contribution in [0.1, 0.15) is 31.5 Å². The van der Waals surface area contributed by atoms with E-state index in [1.807, 2.05) is 0 Å². The minimum absolute atomic E-state index is 0.289. The Morgan fingerprint density at radius 1 is 1.41 bits per heavy atom. The highest BCUT2D eigenvalue weighted by molar-refractivity contribution is 9.08. The predicted molar refractivity (Wildman–Crippen MR) is 81.6 cm³/mol. The summed E-state index contributed by atoms with van der Waals surface area (Å²) in [6.45, 7) is 12.2. The molecule has 0 aliphatic heterocycles. The molecule has 0 aliphatic rings. The molecule has 0 radical (unpaired) electrons. The topological polar surface area (TPSA) is 22.1 Å². The highest BCUT2D eigenvalue weighted by atomic mass is 79.9. The first-order valence-electron chi connectivity index (χ1n) is 5.89. The number of rotatable bonds is 5. The normalized spacial score (nSPS) is 13.1. The third kappa shape index (κ3) is 4.46. The second kappa shape index (κ2) is 5.95. The molecule has 0 amide bonds. The van der Waals surface area contributed by atoms with Gasteiger partial charge in [0.05, 0.1) is 10.7 Å². The van der Waals surface area contributed by atoms with Crippen LogP contribution in [0.2, 0.25) is 18.1 Å². The van der Waals surface area contributed by atoms with Crippen LogP contribution in [0, 0.1) is 0 Å². The summed E-state index contributed by atoms with van der Waals surface area (Å²) in [6.07, 6.45) is 0.935. The number of hydrogen-bond acceptors (Lipinski definition) is 3. The Bertz CT molecular complexity index is 360. The van der Waals surface area contributed by atoms with Crippen LogP contribution in [0.25, 0.3) is 0 Å². The monoisotopic (exact) mass is 335 g/mol. The molecule has 1 aromatic rings. The first-order chi connectivity index (χ1) is 7.76. The van der Waals surface area contributed by atoms with Gasteiger partial charge in [0.1, 0.15) is 0 Å². The maximum Gasteiger partial charge on any atom is 0.191 e. The van der Waals surface area contributed by atoms with Gasteiger partial charge < -0.3 is 4.43 Å². The van der Waals surface area contributed by atoms with Crippen LogP contribution in [0.3, 0.4) is 0 Å². The van der Waals surface area contributed by atoms with Crippen molar-refractivity contribution in [1.82, 2.24) is 4.98 Å². The lowest BCUT2D eigenvalue weighted by molar-refractivity contribution is 0.292. The van der Waals surface area contributed by atoms with Gasteiger partial charge in [-0.25, -0.2) is 4.98 Å². The summed E-state index contributed by atoms with van der Waals surface area (Å²) in [5.74, 6) is 0. The van der Waals surface area contributed by atoms with Crippen molar-refractivity contribution in [3.05, 3.63) is 16.1 Å². The van der Waals surface area contributed by atoms with E-state index in [1.54, 1.807) is 11.3 Å². The fraction of sp³-hybridized carbons (Fsp3) is 0.750. The van der Waals surface area contributed by atoms with E-state index in [-0.39, 0.29) is 5.04 Å². The van der Waals surface area contributed by atoms with Crippen molar-refractivity contribution in [2.24, 2.45) is 0 Å². The van der Waals surface area contributed by atoms with E-state index in [0.29, 0.717) is 0 Å². The van der Waals surface area contributed by atoms with Crippen LogP contribution in [-0.4, -0.2) is 19.9 Å². The van der Waals surface area contributed by atoms with E-state index in [1.165, 1.54) is 5.01 Å². The number of nitrogens with zero attached hydrogens (tertiary/aromatic N) is 1. The number of alkyl halides is 1. The highest BCUT2D eigenvalue weighted by Gasteiger charge is 2.36. The lowest BCUT2D eigenvalue weighted by Crippen LogP contribution is -2.41. The molecule has 1 heterocycles. The average molecular weight is 336 g/mol. The molecule has 17 heavy (non-hydrogen) atoms. The fourth-order valence-corrected chi connectivity index (χ4v) is 3.46. The molecule has 2 nitrogen and oxygen atoms in total. The number of halogens is 1. The summed E-state index contributed by atoms with van der Waals surface area (Å²) in [4.78, 5) is 4.52. The zero-order valence-electron chi connectivity index (χ0n) is 11.3. The van der Waals surface area contributed by atoms with Crippen molar-refractivity contribution >= 4 is 35.6 Å². The first kappa shape index (κ1) is 15.3.